The summed E-state index contributed by atoms with van der Waals surface area (Å²) < 4.78 is 28.7. The van der Waals surface area contributed by atoms with Crippen LogP contribution >= 0.6 is 7.82 Å². The van der Waals surface area contributed by atoms with Crippen LogP contribution in [0.3, 0.4) is 0 Å². The summed E-state index contributed by atoms with van der Waals surface area (Å²) in [6, 6.07) is 9.48. The van der Waals surface area contributed by atoms with Gasteiger partial charge in [-0.25, -0.2) is 19.5 Å². The van der Waals surface area contributed by atoms with E-state index in [0.29, 0.717) is 17.0 Å². The fourth-order valence-electron chi connectivity index (χ4n) is 3.35. The summed E-state index contributed by atoms with van der Waals surface area (Å²) in [4.78, 5) is 22.3. The minimum atomic E-state index is -4.19. The zero-order valence-electron chi connectivity index (χ0n) is 14.3. The first-order chi connectivity index (χ1) is 13.5. The highest BCUT2D eigenvalue weighted by molar-refractivity contribution is 7.47. The Morgan fingerprint density at radius 1 is 1.21 bits per heavy atom. The number of hydrogen-bond acceptors (Lipinski definition) is 9. The van der Waals surface area contributed by atoms with E-state index in [1.54, 1.807) is 4.57 Å². The second-order valence-electron chi connectivity index (χ2n) is 6.43. The van der Waals surface area contributed by atoms with Crippen LogP contribution in [0.4, 0.5) is 11.5 Å². The Kier molecular flexibility index (Phi) is 4.16. The van der Waals surface area contributed by atoms with Gasteiger partial charge in [-0.3, -0.25) is 13.6 Å². The summed E-state index contributed by atoms with van der Waals surface area (Å²) in [5.41, 5.74) is 1.76. The second kappa shape index (κ2) is 6.59. The van der Waals surface area contributed by atoms with E-state index in [0.717, 1.165) is 5.69 Å². The van der Waals surface area contributed by atoms with Gasteiger partial charge in [-0.05, 0) is 12.1 Å². The molecule has 28 heavy (non-hydrogen) atoms. The molecule has 0 aliphatic carbocycles. The van der Waals surface area contributed by atoms with Crippen molar-refractivity contribution in [1.82, 2.24) is 19.5 Å². The number of nitrogens with zero attached hydrogens (tertiary/aromatic N) is 4. The van der Waals surface area contributed by atoms with E-state index < -0.39 is 32.4 Å². The molecule has 3 aromatic rings. The maximum absolute atomic E-state index is 11.6. The Hall–Kier alpha value is -2.40. The topological polar surface area (TPSA) is 141 Å². The number of hydrogen-bond donors (Lipinski definition) is 3. The predicted octanol–water partition coefficient (Wildman–Crippen LogP) is 1.34. The summed E-state index contributed by atoms with van der Waals surface area (Å²) in [6.45, 7) is -0.158. The van der Waals surface area contributed by atoms with E-state index in [-0.39, 0.29) is 6.61 Å². The number of nitrogens with one attached hydrogen (secondary N) is 1. The van der Waals surface area contributed by atoms with E-state index in [9.17, 15) is 14.6 Å². The van der Waals surface area contributed by atoms with Crippen LogP contribution in [-0.4, -0.2) is 54.4 Å². The van der Waals surface area contributed by atoms with Gasteiger partial charge in [-0.1, -0.05) is 18.2 Å². The standard InChI is InChI=1S/C16H16N5O6P/c22-12-13-10(6-25-28(23,24)27-13)26-16(12)21-8-19-11-14(17-7-18-15(11)21)20-9-4-2-1-3-5-9/h1-5,7-8,10,12-13,16,22H,6H2,(H,23,24)(H,17,18,20)/t10-,12+,13?,16-/m1/s1. The van der Waals surface area contributed by atoms with Crippen LogP contribution in [0.25, 0.3) is 11.2 Å². The molecule has 12 heteroatoms. The van der Waals surface area contributed by atoms with Crippen LogP contribution in [0.1, 0.15) is 6.23 Å². The molecule has 2 fully saturated rings. The summed E-state index contributed by atoms with van der Waals surface area (Å²) in [6.07, 6.45) is -0.929. The zero-order valence-corrected chi connectivity index (χ0v) is 15.2. The minimum absolute atomic E-state index is 0.158. The largest absolute Gasteiger partial charge is 0.472 e. The van der Waals surface area contributed by atoms with E-state index in [4.69, 9.17) is 13.8 Å². The Morgan fingerprint density at radius 2 is 2.04 bits per heavy atom. The molecule has 2 aliphatic rings. The molecule has 2 unspecified atom stereocenters. The molecular formula is C16H16N5O6P. The quantitative estimate of drug-likeness (QED) is 0.547. The van der Waals surface area contributed by atoms with Crippen LogP contribution in [0.15, 0.2) is 43.0 Å². The predicted molar refractivity (Wildman–Crippen MR) is 95.6 cm³/mol. The number of ether oxygens (including phenoxy) is 1. The van der Waals surface area contributed by atoms with Crippen LogP contribution in [0.2, 0.25) is 0 Å². The van der Waals surface area contributed by atoms with E-state index in [1.807, 2.05) is 30.3 Å². The van der Waals surface area contributed by atoms with Crippen LogP contribution in [0, 0.1) is 0 Å². The molecule has 146 valence electrons. The zero-order chi connectivity index (χ0) is 19.3. The van der Waals surface area contributed by atoms with Gasteiger partial charge in [0.15, 0.2) is 23.2 Å². The summed E-state index contributed by atoms with van der Waals surface area (Å²) in [5.74, 6) is 0.499. The molecule has 3 N–H and O–H groups in total. The molecule has 0 amide bonds. The van der Waals surface area contributed by atoms with Gasteiger partial charge in [-0.15, -0.1) is 0 Å². The van der Waals surface area contributed by atoms with Gasteiger partial charge in [0.2, 0.25) is 0 Å². The Bertz CT molecular complexity index is 1060. The average Bonchev–Trinajstić information content (AvgIpc) is 3.24. The Morgan fingerprint density at radius 3 is 2.86 bits per heavy atom. The monoisotopic (exact) mass is 405 g/mol. The third kappa shape index (κ3) is 2.98. The molecule has 5 atom stereocenters. The van der Waals surface area contributed by atoms with Crippen LogP contribution in [-0.2, 0) is 18.3 Å². The Balaban J connectivity index is 1.47. The van der Waals surface area contributed by atoms with Crippen molar-refractivity contribution in [2.75, 3.05) is 11.9 Å². The first-order valence-corrected chi connectivity index (χ1v) is 10.0. The molecule has 2 aliphatic heterocycles. The van der Waals surface area contributed by atoms with Crippen molar-refractivity contribution in [3.63, 3.8) is 0 Å². The van der Waals surface area contributed by atoms with Gasteiger partial charge >= 0.3 is 7.82 Å². The number of phosphoric ester groups is 1. The van der Waals surface area contributed by atoms with Crippen molar-refractivity contribution in [3.8, 4) is 0 Å². The first kappa shape index (κ1) is 17.7. The molecule has 2 saturated heterocycles. The smallest absolute Gasteiger partial charge is 0.386 e. The highest BCUT2D eigenvalue weighted by atomic mass is 31.2. The molecule has 0 saturated carbocycles. The number of rotatable bonds is 3. The highest BCUT2D eigenvalue weighted by Gasteiger charge is 2.52. The van der Waals surface area contributed by atoms with Gasteiger partial charge in [0, 0.05) is 5.69 Å². The number of phosphoric acid groups is 1. The number of aromatic nitrogens is 4. The number of aliphatic hydroxyl groups is 1. The molecule has 0 spiro atoms. The number of anilines is 2. The number of imidazole rings is 1. The van der Waals surface area contributed by atoms with Crippen LogP contribution < -0.4 is 5.32 Å². The van der Waals surface area contributed by atoms with Crippen LogP contribution in [0.5, 0.6) is 0 Å². The third-order valence-corrected chi connectivity index (χ3v) is 5.62. The van der Waals surface area contributed by atoms with E-state index in [1.165, 1.54) is 12.7 Å². The SMILES string of the molecule is O=P1(O)OC[C@H]2O[C@@H](n3cnc4c(Nc5ccccc5)ncnc43)[C@@H](O)C2O1. The first-order valence-electron chi connectivity index (χ1n) is 8.51. The fraction of sp³-hybridized carbons (Fsp3) is 0.312. The lowest BCUT2D eigenvalue weighted by molar-refractivity contribution is -0.0664. The summed E-state index contributed by atoms with van der Waals surface area (Å²) >= 11 is 0. The van der Waals surface area contributed by atoms with Crippen molar-refractivity contribution < 1.29 is 28.3 Å². The minimum Gasteiger partial charge on any atom is -0.386 e. The lowest BCUT2D eigenvalue weighted by Gasteiger charge is -2.27. The van der Waals surface area contributed by atoms with Gasteiger partial charge in [-0.2, -0.15) is 0 Å². The average molecular weight is 405 g/mol. The maximum Gasteiger partial charge on any atom is 0.472 e. The molecule has 5 rings (SSSR count). The summed E-state index contributed by atoms with van der Waals surface area (Å²) in [7, 11) is -4.19. The number of fused-ring (bicyclic) bond motifs is 2. The molecule has 11 nitrogen and oxygen atoms in total. The number of para-hydroxylation sites is 1. The fourth-order valence-corrected chi connectivity index (χ4v) is 4.32. The van der Waals surface area contributed by atoms with Gasteiger partial charge in [0.25, 0.3) is 0 Å². The third-order valence-electron chi connectivity index (χ3n) is 4.64. The van der Waals surface area contributed by atoms with Gasteiger partial charge < -0.3 is 20.1 Å². The van der Waals surface area contributed by atoms with Crippen molar-refractivity contribution >= 4 is 30.5 Å². The molecular weight excluding hydrogens is 389 g/mol. The lowest BCUT2D eigenvalue weighted by Crippen LogP contribution is -2.39. The summed E-state index contributed by atoms with van der Waals surface area (Å²) in [5, 5.41) is 13.8. The number of aliphatic hydroxyl groups excluding tert-OH is 1. The van der Waals surface area contributed by atoms with Crippen molar-refractivity contribution in [2.24, 2.45) is 0 Å². The maximum atomic E-state index is 11.6. The molecule has 2 aromatic heterocycles. The highest BCUT2D eigenvalue weighted by Crippen LogP contribution is 2.52. The normalized spacial score (nSPS) is 32.4. The van der Waals surface area contributed by atoms with E-state index >= 15 is 0 Å². The van der Waals surface area contributed by atoms with Crippen molar-refractivity contribution in [2.45, 2.75) is 24.5 Å². The lowest BCUT2D eigenvalue weighted by atomic mass is 10.1. The van der Waals surface area contributed by atoms with Crippen molar-refractivity contribution in [3.05, 3.63) is 43.0 Å². The molecule has 0 bridgehead atoms. The van der Waals surface area contributed by atoms with Gasteiger partial charge in [0.1, 0.15) is 24.6 Å². The Labute approximate surface area is 158 Å². The van der Waals surface area contributed by atoms with E-state index in [2.05, 4.69) is 20.3 Å². The van der Waals surface area contributed by atoms with Crippen molar-refractivity contribution in [1.29, 1.82) is 0 Å². The molecule has 1 aromatic carbocycles. The van der Waals surface area contributed by atoms with Gasteiger partial charge in [0.05, 0.1) is 12.9 Å². The number of benzene rings is 1. The molecule has 4 heterocycles. The second-order valence-corrected chi connectivity index (χ2v) is 7.83. The molecule has 0 radical (unpaired) electrons.